The molecule has 0 aliphatic carbocycles. The number of rotatable bonds is 2. The number of benzene rings is 1. The quantitative estimate of drug-likeness (QED) is 0.830. The van der Waals surface area contributed by atoms with Crippen molar-refractivity contribution in [1.82, 2.24) is 19.8 Å². The highest BCUT2D eigenvalue weighted by molar-refractivity contribution is 5.90. The largest absolute Gasteiger partial charge is 0.339 e. The van der Waals surface area contributed by atoms with Crippen molar-refractivity contribution in [3.05, 3.63) is 60.2 Å². The second-order valence-electron chi connectivity index (χ2n) is 7.03. The van der Waals surface area contributed by atoms with Crippen molar-refractivity contribution in [2.24, 2.45) is 5.92 Å². The molecule has 0 N–H and O–H groups in total. The van der Waals surface area contributed by atoms with Crippen molar-refractivity contribution >= 4 is 11.8 Å². The molecule has 0 saturated carbocycles. The summed E-state index contributed by atoms with van der Waals surface area (Å²) in [4.78, 5) is 36.9. The first-order valence-corrected chi connectivity index (χ1v) is 9.03. The lowest BCUT2D eigenvalue weighted by molar-refractivity contribution is -0.130. The number of likely N-dealkylation sites (tertiary alicyclic amines) is 2. The molecule has 6 nitrogen and oxygen atoms in total. The summed E-state index contributed by atoms with van der Waals surface area (Å²) in [5.41, 5.74) is 1.23. The molecule has 0 radical (unpaired) electrons. The minimum absolute atomic E-state index is 0.115. The minimum Gasteiger partial charge on any atom is -0.339 e. The summed E-state index contributed by atoms with van der Waals surface area (Å²) in [6, 6.07) is 12.2. The molecule has 3 heterocycles. The Morgan fingerprint density at radius 2 is 1.77 bits per heavy atom. The standard InChI is InChI=1S/C20H22N4O2/c1-14(25)24-13-16(15-6-3-2-4-7-15)17-12-23(11-8-18(17)24)20(26)19-21-9-5-10-22-19/h2-7,9-10,16-18H,8,11-13H2,1H3/t16-,17-,18-/m1/s1. The molecule has 2 aliphatic rings. The van der Waals surface area contributed by atoms with Crippen LogP contribution in [0.2, 0.25) is 0 Å². The van der Waals surface area contributed by atoms with Gasteiger partial charge in [-0.1, -0.05) is 30.3 Å². The summed E-state index contributed by atoms with van der Waals surface area (Å²) in [5, 5.41) is 0. The molecule has 26 heavy (non-hydrogen) atoms. The van der Waals surface area contributed by atoms with Crippen LogP contribution in [0.15, 0.2) is 48.8 Å². The van der Waals surface area contributed by atoms with Crippen molar-refractivity contribution in [1.29, 1.82) is 0 Å². The van der Waals surface area contributed by atoms with Crippen LogP contribution in [0.1, 0.15) is 35.4 Å². The highest BCUT2D eigenvalue weighted by atomic mass is 16.2. The SMILES string of the molecule is CC(=O)N1C[C@H](c2ccccc2)[C@H]2CN(C(=O)c3ncccn3)CC[C@H]21. The van der Waals surface area contributed by atoms with E-state index in [9.17, 15) is 9.59 Å². The molecule has 0 bridgehead atoms. The van der Waals surface area contributed by atoms with Gasteiger partial charge in [-0.3, -0.25) is 9.59 Å². The average molecular weight is 350 g/mol. The molecule has 1 aromatic heterocycles. The predicted molar refractivity (Wildman–Crippen MR) is 96.4 cm³/mol. The molecule has 4 rings (SSSR count). The Hall–Kier alpha value is -2.76. The van der Waals surface area contributed by atoms with E-state index in [-0.39, 0.29) is 35.5 Å². The van der Waals surface area contributed by atoms with Crippen LogP contribution < -0.4 is 0 Å². The summed E-state index contributed by atoms with van der Waals surface area (Å²) < 4.78 is 0. The zero-order valence-corrected chi connectivity index (χ0v) is 14.8. The molecule has 1 aromatic carbocycles. The van der Waals surface area contributed by atoms with Crippen LogP contribution in [-0.4, -0.2) is 57.3 Å². The van der Waals surface area contributed by atoms with Gasteiger partial charge in [-0.25, -0.2) is 9.97 Å². The lowest BCUT2D eigenvalue weighted by atomic mass is 9.82. The molecule has 0 spiro atoms. The highest BCUT2D eigenvalue weighted by Crippen LogP contribution is 2.41. The zero-order valence-electron chi connectivity index (χ0n) is 14.8. The van der Waals surface area contributed by atoms with E-state index in [1.165, 1.54) is 5.56 Å². The number of nitrogens with zero attached hydrogens (tertiary/aromatic N) is 4. The molecule has 2 aromatic rings. The number of hydrogen-bond acceptors (Lipinski definition) is 4. The van der Waals surface area contributed by atoms with Gasteiger partial charge in [0.2, 0.25) is 11.7 Å². The summed E-state index contributed by atoms with van der Waals surface area (Å²) >= 11 is 0. The Labute approximate surface area is 152 Å². The Morgan fingerprint density at radius 3 is 2.46 bits per heavy atom. The van der Waals surface area contributed by atoms with Gasteiger partial charge in [-0.15, -0.1) is 0 Å². The number of aromatic nitrogens is 2. The second kappa shape index (κ2) is 6.86. The first-order valence-electron chi connectivity index (χ1n) is 9.03. The van der Waals surface area contributed by atoms with E-state index in [0.717, 1.165) is 13.0 Å². The smallest absolute Gasteiger partial charge is 0.291 e. The van der Waals surface area contributed by atoms with Gasteiger partial charge in [0.05, 0.1) is 0 Å². The topological polar surface area (TPSA) is 66.4 Å². The Morgan fingerprint density at radius 1 is 1.04 bits per heavy atom. The molecule has 2 amide bonds. The normalized spacial score (nSPS) is 25.0. The van der Waals surface area contributed by atoms with Crippen LogP contribution in [-0.2, 0) is 4.79 Å². The lowest BCUT2D eigenvalue weighted by Crippen LogP contribution is -2.49. The molecule has 2 fully saturated rings. The number of carbonyl (C=O) groups is 2. The van der Waals surface area contributed by atoms with Gasteiger partial charge in [-0.2, -0.15) is 0 Å². The number of carbonyl (C=O) groups excluding carboxylic acids is 2. The number of fused-ring (bicyclic) bond motifs is 1. The molecule has 0 unspecified atom stereocenters. The molecule has 2 aliphatic heterocycles. The van der Waals surface area contributed by atoms with Gasteiger partial charge < -0.3 is 9.80 Å². The van der Waals surface area contributed by atoms with Gasteiger partial charge in [0.1, 0.15) is 0 Å². The highest BCUT2D eigenvalue weighted by Gasteiger charge is 2.47. The summed E-state index contributed by atoms with van der Waals surface area (Å²) in [7, 11) is 0. The summed E-state index contributed by atoms with van der Waals surface area (Å²) in [6.07, 6.45) is 3.98. The molecule has 2 saturated heterocycles. The van der Waals surface area contributed by atoms with E-state index in [2.05, 4.69) is 22.1 Å². The van der Waals surface area contributed by atoms with E-state index in [1.807, 2.05) is 28.0 Å². The minimum atomic E-state index is -0.128. The summed E-state index contributed by atoms with van der Waals surface area (Å²) in [5.74, 6) is 0.713. The molecule has 6 heteroatoms. The third kappa shape index (κ3) is 2.96. The second-order valence-corrected chi connectivity index (χ2v) is 7.03. The molecule has 3 atom stereocenters. The van der Waals surface area contributed by atoms with Gasteiger partial charge >= 0.3 is 0 Å². The fourth-order valence-corrected chi connectivity index (χ4v) is 4.39. The third-order valence-corrected chi connectivity index (χ3v) is 5.61. The van der Waals surface area contributed by atoms with Crippen molar-refractivity contribution in [2.45, 2.75) is 25.3 Å². The van der Waals surface area contributed by atoms with Crippen LogP contribution in [0.4, 0.5) is 0 Å². The average Bonchev–Trinajstić information content (AvgIpc) is 3.08. The van der Waals surface area contributed by atoms with Crippen LogP contribution in [0.25, 0.3) is 0 Å². The Balaban J connectivity index is 1.60. The van der Waals surface area contributed by atoms with Gasteiger partial charge in [0, 0.05) is 56.8 Å². The molecular formula is C20H22N4O2. The Kier molecular flexibility index (Phi) is 4.41. The van der Waals surface area contributed by atoms with Gasteiger partial charge in [0.25, 0.3) is 5.91 Å². The van der Waals surface area contributed by atoms with Crippen LogP contribution in [0.3, 0.4) is 0 Å². The number of piperidine rings is 1. The third-order valence-electron chi connectivity index (χ3n) is 5.61. The van der Waals surface area contributed by atoms with Crippen LogP contribution in [0.5, 0.6) is 0 Å². The zero-order chi connectivity index (χ0) is 18.1. The predicted octanol–water partition coefficient (Wildman–Crippen LogP) is 1.95. The monoisotopic (exact) mass is 350 g/mol. The Bertz CT molecular complexity index is 796. The van der Waals surface area contributed by atoms with Crippen molar-refractivity contribution < 1.29 is 9.59 Å². The molecule has 134 valence electrons. The van der Waals surface area contributed by atoms with E-state index in [1.54, 1.807) is 25.4 Å². The maximum Gasteiger partial charge on any atom is 0.291 e. The van der Waals surface area contributed by atoms with Gasteiger partial charge in [0.15, 0.2) is 0 Å². The van der Waals surface area contributed by atoms with E-state index in [0.29, 0.717) is 13.1 Å². The first-order chi connectivity index (χ1) is 12.6. The lowest BCUT2D eigenvalue weighted by Gasteiger charge is -2.38. The maximum absolute atomic E-state index is 12.8. The van der Waals surface area contributed by atoms with Crippen LogP contribution >= 0.6 is 0 Å². The fraction of sp³-hybridized carbons (Fsp3) is 0.400. The van der Waals surface area contributed by atoms with Crippen LogP contribution in [0, 0.1) is 5.92 Å². The van der Waals surface area contributed by atoms with Crippen molar-refractivity contribution in [3.8, 4) is 0 Å². The summed E-state index contributed by atoms with van der Waals surface area (Å²) in [6.45, 7) is 3.62. The first kappa shape index (κ1) is 16.7. The number of amides is 2. The van der Waals surface area contributed by atoms with Crippen molar-refractivity contribution in [3.63, 3.8) is 0 Å². The fourth-order valence-electron chi connectivity index (χ4n) is 4.39. The molecular weight excluding hydrogens is 328 g/mol. The van der Waals surface area contributed by atoms with E-state index in [4.69, 9.17) is 0 Å². The van der Waals surface area contributed by atoms with E-state index < -0.39 is 0 Å². The van der Waals surface area contributed by atoms with Gasteiger partial charge in [-0.05, 0) is 18.1 Å². The number of hydrogen-bond donors (Lipinski definition) is 0. The maximum atomic E-state index is 12.8. The van der Waals surface area contributed by atoms with Crippen molar-refractivity contribution in [2.75, 3.05) is 19.6 Å². The van der Waals surface area contributed by atoms with E-state index >= 15 is 0 Å².